The molecule has 0 aliphatic carbocycles. The molecule has 0 spiro atoms. The number of carboxylic acid groups (broad SMARTS) is 1. The molecule has 19 heavy (non-hydrogen) atoms. The number of carboxylic acids is 1. The molecule has 1 rings (SSSR count). The monoisotopic (exact) mass is 284 g/mol. The Morgan fingerprint density at radius 1 is 1.47 bits per heavy atom. The van der Waals surface area contributed by atoms with Gasteiger partial charge in [-0.3, -0.25) is 9.59 Å². The van der Waals surface area contributed by atoms with Crippen molar-refractivity contribution in [2.24, 2.45) is 11.3 Å². The molecule has 2 N–H and O–H groups in total. The maximum Gasteiger partial charge on any atom is 0.310 e. The molecule has 5 nitrogen and oxygen atoms in total. The van der Waals surface area contributed by atoms with Gasteiger partial charge in [0.15, 0.2) is 0 Å². The van der Waals surface area contributed by atoms with Crippen LogP contribution in [0.3, 0.4) is 0 Å². The first-order valence-electron chi connectivity index (χ1n) is 5.90. The number of anilines is 1. The molecule has 0 aromatic carbocycles. The number of rotatable bonds is 5. The summed E-state index contributed by atoms with van der Waals surface area (Å²) in [6.45, 7) is 5.14. The third kappa shape index (κ3) is 3.92. The summed E-state index contributed by atoms with van der Waals surface area (Å²) < 4.78 is 0. The van der Waals surface area contributed by atoms with E-state index in [9.17, 15) is 14.7 Å². The number of carbonyl (C=O) groups excluding carboxylic acids is 1. The highest BCUT2D eigenvalue weighted by molar-refractivity contribution is 6.29. The van der Waals surface area contributed by atoms with Gasteiger partial charge < -0.3 is 10.4 Å². The van der Waals surface area contributed by atoms with Crippen LogP contribution in [0.4, 0.5) is 5.69 Å². The molecule has 6 heteroatoms. The van der Waals surface area contributed by atoms with Crippen LogP contribution in [-0.4, -0.2) is 22.0 Å². The lowest BCUT2D eigenvalue weighted by molar-refractivity contribution is -0.153. The second-order valence-corrected chi connectivity index (χ2v) is 5.36. The number of halogens is 1. The Balaban J connectivity index is 2.74. The summed E-state index contributed by atoms with van der Waals surface area (Å²) in [6, 6.07) is 3.16. The fourth-order valence-electron chi connectivity index (χ4n) is 1.52. The van der Waals surface area contributed by atoms with Gasteiger partial charge in [-0.05, 0) is 25.0 Å². The van der Waals surface area contributed by atoms with Crippen LogP contribution < -0.4 is 5.32 Å². The van der Waals surface area contributed by atoms with Crippen molar-refractivity contribution in [3.63, 3.8) is 0 Å². The number of carbonyl (C=O) groups is 2. The van der Waals surface area contributed by atoms with E-state index in [4.69, 9.17) is 11.6 Å². The van der Waals surface area contributed by atoms with Crippen LogP contribution in [0.25, 0.3) is 0 Å². The average Bonchev–Trinajstić information content (AvgIpc) is 2.31. The molecule has 1 aromatic heterocycles. The van der Waals surface area contributed by atoms with Gasteiger partial charge in [0.2, 0.25) is 5.91 Å². The molecule has 0 aliphatic heterocycles. The molecule has 104 valence electrons. The zero-order chi connectivity index (χ0) is 14.6. The van der Waals surface area contributed by atoms with E-state index in [2.05, 4.69) is 10.3 Å². The van der Waals surface area contributed by atoms with E-state index in [1.807, 2.05) is 0 Å². The third-order valence-electron chi connectivity index (χ3n) is 3.30. The van der Waals surface area contributed by atoms with Crippen LogP contribution in [0.1, 0.15) is 27.2 Å². The zero-order valence-electron chi connectivity index (χ0n) is 11.1. The molecule has 1 atom stereocenters. The van der Waals surface area contributed by atoms with E-state index in [0.29, 0.717) is 10.8 Å². The lowest BCUT2D eigenvalue weighted by Crippen LogP contribution is -2.37. The SMILES string of the molecule is CC(C)C(C)(CC(=O)Nc1ccc(Cl)nc1)C(=O)O. The summed E-state index contributed by atoms with van der Waals surface area (Å²) in [6.07, 6.45) is 1.33. The number of nitrogens with one attached hydrogen (secondary N) is 1. The average molecular weight is 285 g/mol. The van der Waals surface area contributed by atoms with Gasteiger partial charge in [0.25, 0.3) is 0 Å². The van der Waals surface area contributed by atoms with Crippen molar-refractivity contribution in [2.45, 2.75) is 27.2 Å². The highest BCUT2D eigenvalue weighted by Crippen LogP contribution is 2.31. The minimum Gasteiger partial charge on any atom is -0.481 e. The number of amides is 1. The number of hydrogen-bond donors (Lipinski definition) is 2. The summed E-state index contributed by atoms with van der Waals surface area (Å²) >= 11 is 5.64. The Morgan fingerprint density at radius 3 is 2.53 bits per heavy atom. The summed E-state index contributed by atoms with van der Waals surface area (Å²) in [4.78, 5) is 27.0. The molecule has 1 aromatic rings. The molecule has 1 amide bonds. The standard InChI is InChI=1S/C13H17ClN2O3/c1-8(2)13(3,12(18)19)6-11(17)16-9-4-5-10(14)15-7-9/h4-5,7-8H,6H2,1-3H3,(H,16,17)(H,18,19). The third-order valence-corrected chi connectivity index (χ3v) is 3.53. The van der Waals surface area contributed by atoms with Gasteiger partial charge in [-0.2, -0.15) is 0 Å². The lowest BCUT2D eigenvalue weighted by Gasteiger charge is -2.28. The van der Waals surface area contributed by atoms with Crippen LogP contribution >= 0.6 is 11.6 Å². The highest BCUT2D eigenvalue weighted by atomic mass is 35.5. The number of hydrogen-bond acceptors (Lipinski definition) is 3. The molecule has 0 saturated carbocycles. The van der Waals surface area contributed by atoms with Gasteiger partial charge in [-0.1, -0.05) is 25.4 Å². The van der Waals surface area contributed by atoms with E-state index in [-0.39, 0.29) is 18.2 Å². The number of aromatic nitrogens is 1. The Bertz CT molecular complexity index is 473. The summed E-state index contributed by atoms with van der Waals surface area (Å²) in [5.41, 5.74) is -0.602. The highest BCUT2D eigenvalue weighted by Gasteiger charge is 2.38. The summed E-state index contributed by atoms with van der Waals surface area (Å²) in [5, 5.41) is 12.2. The van der Waals surface area contributed by atoms with E-state index >= 15 is 0 Å². The summed E-state index contributed by atoms with van der Waals surface area (Å²) in [5.74, 6) is -1.49. The Labute approximate surface area is 117 Å². The van der Waals surface area contributed by atoms with Crippen LogP contribution in [0.2, 0.25) is 5.15 Å². The molecule has 0 saturated heterocycles. The van der Waals surface area contributed by atoms with Crippen molar-refractivity contribution < 1.29 is 14.7 Å². The number of pyridine rings is 1. The molecule has 0 bridgehead atoms. The predicted molar refractivity (Wildman–Crippen MR) is 73.1 cm³/mol. The smallest absolute Gasteiger partial charge is 0.310 e. The van der Waals surface area contributed by atoms with Gasteiger partial charge in [-0.15, -0.1) is 0 Å². The minimum atomic E-state index is -1.09. The predicted octanol–water partition coefficient (Wildman–Crippen LogP) is 2.81. The Morgan fingerprint density at radius 2 is 2.11 bits per heavy atom. The van der Waals surface area contributed by atoms with Crippen molar-refractivity contribution in [1.82, 2.24) is 4.98 Å². The van der Waals surface area contributed by atoms with Crippen LogP contribution in [0.15, 0.2) is 18.3 Å². The second-order valence-electron chi connectivity index (χ2n) is 4.97. The van der Waals surface area contributed by atoms with Crippen molar-refractivity contribution in [2.75, 3.05) is 5.32 Å². The van der Waals surface area contributed by atoms with Crippen molar-refractivity contribution >= 4 is 29.2 Å². The molecular weight excluding hydrogens is 268 g/mol. The molecular formula is C13H17ClN2O3. The van der Waals surface area contributed by atoms with E-state index < -0.39 is 11.4 Å². The minimum absolute atomic E-state index is 0.0946. The molecule has 0 radical (unpaired) electrons. The number of aliphatic carboxylic acids is 1. The molecule has 1 unspecified atom stereocenters. The first kappa shape index (κ1) is 15.4. The van der Waals surface area contributed by atoms with Crippen molar-refractivity contribution in [1.29, 1.82) is 0 Å². The number of nitrogens with zero attached hydrogens (tertiary/aromatic N) is 1. The van der Waals surface area contributed by atoms with Gasteiger partial charge in [0.1, 0.15) is 5.15 Å². The quantitative estimate of drug-likeness (QED) is 0.815. The molecule has 1 heterocycles. The van der Waals surface area contributed by atoms with Crippen LogP contribution in [-0.2, 0) is 9.59 Å². The van der Waals surface area contributed by atoms with Crippen LogP contribution in [0.5, 0.6) is 0 Å². The van der Waals surface area contributed by atoms with Crippen molar-refractivity contribution in [3.05, 3.63) is 23.5 Å². The lowest BCUT2D eigenvalue weighted by atomic mass is 9.76. The first-order chi connectivity index (χ1) is 8.75. The van der Waals surface area contributed by atoms with E-state index in [1.165, 1.54) is 6.20 Å². The fourth-order valence-corrected chi connectivity index (χ4v) is 1.63. The molecule has 0 aliphatic rings. The maximum absolute atomic E-state index is 11.9. The van der Waals surface area contributed by atoms with E-state index in [1.54, 1.807) is 32.9 Å². The molecule has 0 fully saturated rings. The Hall–Kier alpha value is -1.62. The fraction of sp³-hybridized carbons (Fsp3) is 0.462. The van der Waals surface area contributed by atoms with Gasteiger partial charge in [-0.25, -0.2) is 4.98 Å². The van der Waals surface area contributed by atoms with Gasteiger partial charge in [0.05, 0.1) is 17.3 Å². The Kier molecular flexibility index (Phi) is 4.89. The largest absolute Gasteiger partial charge is 0.481 e. The van der Waals surface area contributed by atoms with Crippen LogP contribution in [0, 0.1) is 11.3 Å². The van der Waals surface area contributed by atoms with Gasteiger partial charge >= 0.3 is 5.97 Å². The normalized spacial score (nSPS) is 13.9. The second kappa shape index (κ2) is 6.02. The van der Waals surface area contributed by atoms with E-state index in [0.717, 1.165) is 0 Å². The summed E-state index contributed by atoms with van der Waals surface area (Å²) in [7, 11) is 0. The van der Waals surface area contributed by atoms with Gasteiger partial charge in [0, 0.05) is 6.42 Å². The first-order valence-corrected chi connectivity index (χ1v) is 6.28. The topological polar surface area (TPSA) is 79.3 Å². The zero-order valence-corrected chi connectivity index (χ0v) is 11.9. The maximum atomic E-state index is 11.9. The van der Waals surface area contributed by atoms with Crippen molar-refractivity contribution in [3.8, 4) is 0 Å².